The number of aromatic nitrogens is 2. The number of benzene rings is 1. The number of rotatable bonds is 2. The van der Waals surface area contributed by atoms with E-state index in [1.165, 1.54) is 18.2 Å². The van der Waals surface area contributed by atoms with E-state index in [2.05, 4.69) is 9.97 Å². The number of halogens is 1. The van der Waals surface area contributed by atoms with E-state index in [0.717, 1.165) is 25.0 Å². The van der Waals surface area contributed by atoms with Crippen LogP contribution in [0.4, 0.5) is 4.39 Å². The number of aromatic amines is 1. The maximum atomic E-state index is 13.8. The quantitative estimate of drug-likeness (QED) is 0.894. The highest BCUT2D eigenvalue weighted by Crippen LogP contribution is 2.37. The summed E-state index contributed by atoms with van der Waals surface area (Å²) in [6, 6.07) is 5.85. The van der Waals surface area contributed by atoms with Gasteiger partial charge >= 0.3 is 0 Å². The third kappa shape index (κ3) is 2.81. The summed E-state index contributed by atoms with van der Waals surface area (Å²) in [6.45, 7) is 0. The van der Waals surface area contributed by atoms with Crippen LogP contribution >= 0.6 is 11.8 Å². The van der Waals surface area contributed by atoms with Gasteiger partial charge in [0.2, 0.25) is 5.88 Å². The summed E-state index contributed by atoms with van der Waals surface area (Å²) in [5.41, 5.74) is -0.557. The molecule has 1 unspecified atom stereocenters. The van der Waals surface area contributed by atoms with Crippen LogP contribution in [-0.2, 0) is 0 Å². The molecule has 0 saturated carbocycles. The minimum absolute atomic E-state index is 0.0617. The molecule has 1 aliphatic rings. The number of nitrogens with zero attached hydrogens (tertiary/aromatic N) is 1. The molecular weight excluding hydrogens is 291 g/mol. The van der Waals surface area contributed by atoms with Crippen molar-refractivity contribution in [3.63, 3.8) is 0 Å². The molecule has 1 atom stereocenters. The molecule has 0 amide bonds. The molecule has 0 aliphatic carbocycles. The summed E-state index contributed by atoms with van der Waals surface area (Å²) in [5, 5.41) is 10.2. The standard InChI is InChI=1S/C15H15FN2O2S/c16-10-6-2-1-5-9(10)12-14(19)17-13(18-15(12)20)11-7-3-4-8-21-11/h1-2,5-6,11H,3-4,7-8H2,(H2,17,18,19,20). The van der Waals surface area contributed by atoms with E-state index in [1.807, 2.05) is 0 Å². The van der Waals surface area contributed by atoms with Crippen molar-refractivity contribution in [2.45, 2.75) is 24.5 Å². The van der Waals surface area contributed by atoms with Gasteiger partial charge in [-0.3, -0.25) is 4.79 Å². The molecule has 0 spiro atoms. The van der Waals surface area contributed by atoms with Gasteiger partial charge in [-0.1, -0.05) is 24.6 Å². The molecule has 1 aromatic heterocycles. The van der Waals surface area contributed by atoms with E-state index in [-0.39, 0.29) is 16.4 Å². The third-order valence-corrected chi connectivity index (χ3v) is 4.93. The molecule has 1 aromatic carbocycles. The van der Waals surface area contributed by atoms with Gasteiger partial charge in [0.05, 0.1) is 5.25 Å². The zero-order chi connectivity index (χ0) is 14.8. The molecule has 3 rings (SSSR count). The van der Waals surface area contributed by atoms with Crippen LogP contribution in [0.3, 0.4) is 0 Å². The highest BCUT2D eigenvalue weighted by molar-refractivity contribution is 7.99. The van der Waals surface area contributed by atoms with Crippen molar-refractivity contribution in [3.05, 3.63) is 46.3 Å². The van der Waals surface area contributed by atoms with Gasteiger partial charge in [-0.05, 0) is 24.7 Å². The average molecular weight is 306 g/mol. The van der Waals surface area contributed by atoms with Crippen LogP contribution in [0.5, 0.6) is 5.88 Å². The van der Waals surface area contributed by atoms with Crippen molar-refractivity contribution in [2.24, 2.45) is 0 Å². The van der Waals surface area contributed by atoms with Gasteiger partial charge in [-0.25, -0.2) is 4.39 Å². The maximum absolute atomic E-state index is 13.8. The van der Waals surface area contributed by atoms with Crippen molar-refractivity contribution < 1.29 is 9.50 Å². The Bertz CT molecular complexity index is 711. The van der Waals surface area contributed by atoms with Crippen LogP contribution in [0, 0.1) is 5.82 Å². The Balaban J connectivity index is 2.05. The van der Waals surface area contributed by atoms with Gasteiger partial charge < -0.3 is 10.1 Å². The second kappa shape index (κ2) is 5.89. The Kier molecular flexibility index (Phi) is 3.96. The third-order valence-electron chi connectivity index (χ3n) is 3.55. The van der Waals surface area contributed by atoms with Crippen molar-refractivity contribution in [3.8, 4) is 17.0 Å². The van der Waals surface area contributed by atoms with Crippen molar-refractivity contribution in [1.29, 1.82) is 0 Å². The van der Waals surface area contributed by atoms with Gasteiger partial charge in [0, 0.05) is 5.56 Å². The first-order valence-corrected chi connectivity index (χ1v) is 7.91. The van der Waals surface area contributed by atoms with Gasteiger partial charge in [0.15, 0.2) is 0 Å². The Morgan fingerprint density at radius 1 is 1.33 bits per heavy atom. The van der Waals surface area contributed by atoms with Crippen LogP contribution in [0.25, 0.3) is 11.1 Å². The molecule has 4 nitrogen and oxygen atoms in total. The predicted octanol–water partition coefficient (Wildman–Crippen LogP) is 3.24. The molecule has 2 N–H and O–H groups in total. The summed E-state index contributed by atoms with van der Waals surface area (Å²) in [7, 11) is 0. The van der Waals surface area contributed by atoms with E-state index in [4.69, 9.17) is 0 Å². The molecule has 0 radical (unpaired) electrons. The average Bonchev–Trinajstić information content (AvgIpc) is 2.49. The lowest BCUT2D eigenvalue weighted by Gasteiger charge is -2.20. The maximum Gasteiger partial charge on any atom is 0.262 e. The molecule has 1 fully saturated rings. The van der Waals surface area contributed by atoms with Gasteiger partial charge in [0.1, 0.15) is 17.2 Å². The van der Waals surface area contributed by atoms with Gasteiger partial charge in [0.25, 0.3) is 5.56 Å². The molecule has 1 saturated heterocycles. The second-order valence-corrected chi connectivity index (χ2v) is 6.30. The molecule has 0 bridgehead atoms. The fraction of sp³-hybridized carbons (Fsp3) is 0.333. The molecule has 2 heterocycles. The number of aromatic hydroxyl groups is 1. The monoisotopic (exact) mass is 306 g/mol. The van der Waals surface area contributed by atoms with E-state index >= 15 is 0 Å². The SMILES string of the molecule is O=c1[nH]c(C2CCCCS2)nc(O)c1-c1ccccc1F. The predicted molar refractivity (Wildman–Crippen MR) is 81.0 cm³/mol. The van der Waals surface area contributed by atoms with Crippen LogP contribution in [0.2, 0.25) is 0 Å². The van der Waals surface area contributed by atoms with E-state index in [9.17, 15) is 14.3 Å². The van der Waals surface area contributed by atoms with E-state index in [0.29, 0.717) is 5.82 Å². The summed E-state index contributed by atoms with van der Waals surface area (Å²) in [4.78, 5) is 19.0. The summed E-state index contributed by atoms with van der Waals surface area (Å²) in [6.07, 6.45) is 3.16. The van der Waals surface area contributed by atoms with Crippen LogP contribution in [-0.4, -0.2) is 20.8 Å². The smallest absolute Gasteiger partial charge is 0.262 e. The minimum atomic E-state index is -0.556. The summed E-state index contributed by atoms with van der Waals surface area (Å²) >= 11 is 1.72. The lowest BCUT2D eigenvalue weighted by Crippen LogP contribution is -2.17. The van der Waals surface area contributed by atoms with Crippen molar-refractivity contribution in [1.82, 2.24) is 9.97 Å². The number of hydrogen-bond donors (Lipinski definition) is 2. The lowest BCUT2D eigenvalue weighted by molar-refractivity contribution is 0.448. The largest absolute Gasteiger partial charge is 0.493 e. The summed E-state index contributed by atoms with van der Waals surface area (Å²) < 4.78 is 13.8. The Morgan fingerprint density at radius 2 is 2.14 bits per heavy atom. The molecule has 1 aliphatic heterocycles. The summed E-state index contributed by atoms with van der Waals surface area (Å²) in [5.74, 6) is 0.525. The first-order valence-electron chi connectivity index (χ1n) is 6.86. The minimum Gasteiger partial charge on any atom is -0.493 e. The highest BCUT2D eigenvalue weighted by atomic mass is 32.2. The van der Waals surface area contributed by atoms with Crippen molar-refractivity contribution in [2.75, 3.05) is 5.75 Å². The first-order chi connectivity index (χ1) is 10.2. The number of hydrogen-bond acceptors (Lipinski definition) is 4. The van der Waals surface area contributed by atoms with Gasteiger partial charge in [-0.2, -0.15) is 16.7 Å². The lowest BCUT2D eigenvalue weighted by atomic mass is 10.1. The molecule has 2 aromatic rings. The Labute approximate surface area is 125 Å². The number of nitrogens with one attached hydrogen (secondary N) is 1. The Hall–Kier alpha value is -1.82. The van der Waals surface area contributed by atoms with Crippen LogP contribution in [0.15, 0.2) is 29.1 Å². The second-order valence-electron chi connectivity index (χ2n) is 4.98. The molecule has 21 heavy (non-hydrogen) atoms. The fourth-order valence-corrected chi connectivity index (χ4v) is 3.75. The molecular formula is C15H15FN2O2S. The van der Waals surface area contributed by atoms with E-state index in [1.54, 1.807) is 17.8 Å². The molecule has 110 valence electrons. The van der Waals surface area contributed by atoms with Crippen molar-refractivity contribution >= 4 is 11.8 Å². The van der Waals surface area contributed by atoms with Crippen LogP contribution in [0.1, 0.15) is 30.3 Å². The van der Waals surface area contributed by atoms with Gasteiger partial charge in [-0.15, -0.1) is 0 Å². The highest BCUT2D eigenvalue weighted by Gasteiger charge is 2.22. The first kappa shape index (κ1) is 14.1. The zero-order valence-electron chi connectivity index (χ0n) is 11.3. The Morgan fingerprint density at radius 3 is 2.81 bits per heavy atom. The number of H-pyrrole nitrogens is 1. The van der Waals surface area contributed by atoms with Crippen LogP contribution < -0.4 is 5.56 Å². The topological polar surface area (TPSA) is 66.0 Å². The number of thioether (sulfide) groups is 1. The normalized spacial score (nSPS) is 18.6. The fourth-order valence-electron chi connectivity index (χ4n) is 2.49. The molecule has 6 heteroatoms. The van der Waals surface area contributed by atoms with E-state index < -0.39 is 17.3 Å². The zero-order valence-corrected chi connectivity index (χ0v) is 12.1.